The molecule has 3 aromatic rings. The Balaban J connectivity index is 1.60. The van der Waals surface area contributed by atoms with E-state index in [0.717, 1.165) is 30.6 Å². The summed E-state index contributed by atoms with van der Waals surface area (Å²) in [5.74, 6) is -0.180. The molecule has 0 bridgehead atoms. The normalized spacial score (nSPS) is 16.2. The average Bonchev–Trinajstić information content (AvgIpc) is 3.32. The molecule has 1 atom stereocenters. The maximum atomic E-state index is 13.1. The van der Waals surface area contributed by atoms with Crippen molar-refractivity contribution in [3.05, 3.63) is 41.6 Å². The van der Waals surface area contributed by atoms with Crippen LogP contribution >= 0.6 is 0 Å². The van der Waals surface area contributed by atoms with Gasteiger partial charge in [0, 0.05) is 25.5 Å². The van der Waals surface area contributed by atoms with Gasteiger partial charge in [-0.2, -0.15) is 28.4 Å². The molecule has 0 radical (unpaired) electrons. The van der Waals surface area contributed by atoms with E-state index in [2.05, 4.69) is 30.8 Å². The minimum Gasteiger partial charge on any atom is -0.370 e. The largest absolute Gasteiger partial charge is 0.421 e. The Labute approximate surface area is 158 Å². The molecule has 0 spiro atoms. The summed E-state index contributed by atoms with van der Waals surface area (Å²) < 4.78 is 43.1. The van der Waals surface area contributed by atoms with Crippen LogP contribution in [0.4, 0.5) is 30.6 Å². The first-order valence-electron chi connectivity index (χ1n) is 8.89. The second-order valence-corrected chi connectivity index (χ2v) is 6.48. The third kappa shape index (κ3) is 3.16. The Morgan fingerprint density at radius 1 is 1.25 bits per heavy atom. The Kier molecular flexibility index (Phi) is 4.44. The molecule has 2 N–H and O–H groups in total. The Morgan fingerprint density at radius 3 is 2.82 bits per heavy atom. The average molecular weight is 392 g/mol. The number of alkyl halides is 3. The van der Waals surface area contributed by atoms with Crippen LogP contribution in [0.1, 0.15) is 36.3 Å². The number of fused-ring (bicyclic) bond motifs is 1. The second-order valence-electron chi connectivity index (χ2n) is 6.48. The lowest BCUT2D eigenvalue weighted by Crippen LogP contribution is -2.14. The molecule has 4 heterocycles. The third-order valence-electron chi connectivity index (χ3n) is 4.73. The Morgan fingerprint density at radius 2 is 2.07 bits per heavy atom. The summed E-state index contributed by atoms with van der Waals surface area (Å²) in [5.41, 5.74) is 1.66. The number of aromatic nitrogens is 6. The quantitative estimate of drug-likeness (QED) is 0.693. The van der Waals surface area contributed by atoms with Gasteiger partial charge in [-0.05, 0) is 26.3 Å². The van der Waals surface area contributed by atoms with Gasteiger partial charge in [0.15, 0.2) is 0 Å². The predicted octanol–water partition coefficient (Wildman–Crippen LogP) is 3.37. The summed E-state index contributed by atoms with van der Waals surface area (Å²) in [7, 11) is 0. The van der Waals surface area contributed by atoms with Crippen molar-refractivity contribution in [3.63, 3.8) is 0 Å². The maximum absolute atomic E-state index is 13.1. The summed E-state index contributed by atoms with van der Waals surface area (Å²) in [5, 5.41) is 14.3. The topological polar surface area (TPSA) is 85.5 Å². The van der Waals surface area contributed by atoms with Gasteiger partial charge < -0.3 is 10.6 Å². The van der Waals surface area contributed by atoms with Crippen molar-refractivity contribution in [2.24, 2.45) is 0 Å². The minimum atomic E-state index is -4.53. The molecule has 0 aliphatic carbocycles. The molecular weight excluding hydrogens is 373 g/mol. The van der Waals surface area contributed by atoms with Gasteiger partial charge in [-0.3, -0.25) is 9.36 Å². The smallest absolute Gasteiger partial charge is 0.370 e. The van der Waals surface area contributed by atoms with E-state index in [4.69, 9.17) is 0 Å². The highest BCUT2D eigenvalue weighted by Crippen LogP contribution is 2.35. The molecule has 0 saturated heterocycles. The van der Waals surface area contributed by atoms with Gasteiger partial charge in [0.2, 0.25) is 5.95 Å². The van der Waals surface area contributed by atoms with Crippen LogP contribution in [0, 0.1) is 6.92 Å². The van der Waals surface area contributed by atoms with E-state index in [1.54, 1.807) is 19.3 Å². The zero-order valence-corrected chi connectivity index (χ0v) is 15.3. The Bertz CT molecular complexity index is 991. The number of rotatable bonds is 5. The molecule has 0 amide bonds. The van der Waals surface area contributed by atoms with Crippen LogP contribution < -0.4 is 10.6 Å². The van der Waals surface area contributed by atoms with Crippen LogP contribution in [0.25, 0.3) is 0 Å². The lowest BCUT2D eigenvalue weighted by molar-refractivity contribution is -0.137. The van der Waals surface area contributed by atoms with Crippen molar-refractivity contribution in [3.8, 4) is 0 Å². The van der Waals surface area contributed by atoms with Crippen molar-refractivity contribution in [1.29, 1.82) is 0 Å². The van der Waals surface area contributed by atoms with Crippen LogP contribution in [-0.2, 0) is 12.7 Å². The van der Waals surface area contributed by atoms with Gasteiger partial charge in [0.1, 0.15) is 11.4 Å². The molecule has 0 fully saturated rings. The number of halogens is 3. The number of aryl methyl sites for hydroxylation is 1. The molecule has 8 nitrogen and oxygen atoms in total. The molecule has 1 aliphatic rings. The van der Waals surface area contributed by atoms with E-state index in [1.165, 1.54) is 0 Å². The zero-order chi connectivity index (χ0) is 19.9. The number of hydrogen-bond donors (Lipinski definition) is 2. The number of hydrogen-bond acceptors (Lipinski definition) is 6. The molecule has 0 unspecified atom stereocenters. The van der Waals surface area contributed by atoms with Gasteiger partial charge in [-0.15, -0.1) is 0 Å². The fourth-order valence-electron chi connectivity index (χ4n) is 3.39. The first-order valence-corrected chi connectivity index (χ1v) is 8.89. The molecule has 28 heavy (non-hydrogen) atoms. The third-order valence-corrected chi connectivity index (χ3v) is 4.73. The van der Waals surface area contributed by atoms with Crippen molar-refractivity contribution in [1.82, 2.24) is 29.5 Å². The van der Waals surface area contributed by atoms with E-state index >= 15 is 0 Å². The molecule has 3 aromatic heterocycles. The fraction of sp³-hybridized carbons (Fsp3) is 0.412. The predicted molar refractivity (Wildman–Crippen MR) is 96.4 cm³/mol. The lowest BCUT2D eigenvalue weighted by atomic mass is 10.2. The van der Waals surface area contributed by atoms with Crippen molar-refractivity contribution < 1.29 is 13.2 Å². The number of nitrogens with one attached hydrogen (secondary N) is 2. The van der Waals surface area contributed by atoms with Gasteiger partial charge in [0.25, 0.3) is 0 Å². The fourth-order valence-corrected chi connectivity index (χ4v) is 3.39. The van der Waals surface area contributed by atoms with E-state index in [-0.39, 0.29) is 17.8 Å². The Hall–Kier alpha value is -3.11. The van der Waals surface area contributed by atoms with Crippen molar-refractivity contribution in [2.45, 2.75) is 39.0 Å². The van der Waals surface area contributed by atoms with Gasteiger partial charge in [0.05, 0.1) is 29.3 Å². The van der Waals surface area contributed by atoms with Crippen molar-refractivity contribution >= 4 is 17.5 Å². The first kappa shape index (κ1) is 18.3. The van der Waals surface area contributed by atoms with Gasteiger partial charge in [-0.25, -0.2) is 4.98 Å². The molecular formula is C17H19F3N8. The highest BCUT2D eigenvalue weighted by Gasteiger charge is 2.35. The van der Waals surface area contributed by atoms with E-state index < -0.39 is 11.7 Å². The van der Waals surface area contributed by atoms with Gasteiger partial charge in [-0.1, -0.05) is 0 Å². The molecule has 148 valence electrons. The highest BCUT2D eigenvalue weighted by atomic mass is 19.4. The highest BCUT2D eigenvalue weighted by molar-refractivity contribution is 5.58. The van der Waals surface area contributed by atoms with Crippen molar-refractivity contribution in [2.75, 3.05) is 17.2 Å². The standard InChI is InChI=1S/C17H19F3N8/c1-3-21-15-11(17(18,19)20)8-22-16(26-15)25-12-9-24-28(10(12)2)14-5-7-27-13(14)4-6-23-27/h4,6,8-9,14H,3,5,7H2,1-2H3,(H2,21,22,25,26)/t14-/m1/s1. The monoisotopic (exact) mass is 392 g/mol. The van der Waals surface area contributed by atoms with Crippen LogP contribution in [0.2, 0.25) is 0 Å². The van der Waals surface area contributed by atoms with E-state index in [0.29, 0.717) is 12.2 Å². The molecule has 1 aliphatic heterocycles. The van der Waals surface area contributed by atoms with Gasteiger partial charge >= 0.3 is 6.18 Å². The van der Waals surface area contributed by atoms with E-state index in [9.17, 15) is 13.2 Å². The van der Waals surface area contributed by atoms with Crippen LogP contribution in [0.5, 0.6) is 0 Å². The minimum absolute atomic E-state index is 0.0723. The number of nitrogens with zero attached hydrogens (tertiary/aromatic N) is 6. The second kappa shape index (κ2) is 6.80. The molecule has 11 heteroatoms. The summed E-state index contributed by atoms with van der Waals surface area (Å²) in [4.78, 5) is 7.82. The summed E-state index contributed by atoms with van der Waals surface area (Å²) in [6.07, 6.45) is 0.525. The van der Waals surface area contributed by atoms with Crippen LogP contribution in [-0.4, -0.2) is 36.1 Å². The van der Waals surface area contributed by atoms with Crippen LogP contribution in [0.15, 0.2) is 24.7 Å². The lowest BCUT2D eigenvalue weighted by Gasteiger charge is -2.14. The first-order chi connectivity index (χ1) is 13.4. The molecule has 0 aromatic carbocycles. The maximum Gasteiger partial charge on any atom is 0.421 e. The summed E-state index contributed by atoms with van der Waals surface area (Å²) in [6.45, 7) is 4.73. The van der Waals surface area contributed by atoms with Crippen LogP contribution in [0.3, 0.4) is 0 Å². The van der Waals surface area contributed by atoms with E-state index in [1.807, 2.05) is 22.4 Å². The molecule has 0 saturated carbocycles. The zero-order valence-electron chi connectivity index (χ0n) is 15.3. The number of anilines is 3. The summed E-state index contributed by atoms with van der Waals surface area (Å²) in [6, 6.07) is 2.04. The molecule has 4 rings (SSSR count). The summed E-state index contributed by atoms with van der Waals surface area (Å²) >= 11 is 0. The SMILES string of the molecule is CCNc1nc(Nc2cnn([C@@H]3CCn4nccc43)c2C)ncc1C(F)(F)F.